The van der Waals surface area contributed by atoms with Crippen LogP contribution >= 0.6 is 7.60 Å². The summed E-state index contributed by atoms with van der Waals surface area (Å²) >= 11 is 0. The van der Waals surface area contributed by atoms with Crippen LogP contribution in [0, 0.1) is 0 Å². The average Bonchev–Trinajstić information content (AvgIpc) is 2.68. The predicted molar refractivity (Wildman–Crippen MR) is 118 cm³/mol. The largest absolute Gasteiger partial charge is 0.457 e. The van der Waals surface area contributed by atoms with Crippen LogP contribution in [0.5, 0.6) is 0 Å². The van der Waals surface area contributed by atoms with E-state index in [2.05, 4.69) is 11.7 Å². The Balaban J connectivity index is 3.10. The molecule has 2 N–H and O–H groups in total. The van der Waals surface area contributed by atoms with Gasteiger partial charge in [-0.2, -0.15) is 0 Å². The molecular weight excluding hydrogens is 391 g/mol. The third-order valence-electron chi connectivity index (χ3n) is 5.04. The van der Waals surface area contributed by atoms with Gasteiger partial charge in [-0.3, -0.25) is 0 Å². The maximum absolute atomic E-state index is 10.8. The summed E-state index contributed by atoms with van der Waals surface area (Å²) in [7, 11) is -4.75. The molecule has 0 aliphatic heterocycles. The van der Waals surface area contributed by atoms with Crippen LogP contribution < -0.4 is 0 Å². The van der Waals surface area contributed by atoms with Gasteiger partial charge in [-0.25, -0.2) is 9.36 Å². The first kappa shape index (κ1) is 28.6. The summed E-state index contributed by atoms with van der Waals surface area (Å²) in [4.78, 5) is 28.0. The Kier molecular flexibility index (Phi) is 20.5. The van der Waals surface area contributed by atoms with E-state index in [1.807, 2.05) is 0 Å². The van der Waals surface area contributed by atoms with Crippen LogP contribution in [0.2, 0.25) is 0 Å². The highest BCUT2D eigenvalue weighted by Crippen LogP contribution is 2.36. The Morgan fingerprint density at radius 2 is 1.00 bits per heavy atom. The second-order valence-corrected chi connectivity index (χ2v) is 9.38. The second-order valence-electron chi connectivity index (χ2n) is 7.93. The van der Waals surface area contributed by atoms with Gasteiger partial charge in [-0.1, -0.05) is 103 Å². The lowest BCUT2D eigenvalue weighted by atomic mass is 10.0. The maximum atomic E-state index is 10.8. The molecule has 0 rings (SSSR count). The van der Waals surface area contributed by atoms with Crippen LogP contribution in [0.4, 0.5) is 4.79 Å². The van der Waals surface area contributed by atoms with Gasteiger partial charge in [0.2, 0.25) is 0 Å². The van der Waals surface area contributed by atoms with Gasteiger partial charge in [0.05, 0.1) is 6.61 Å². The zero-order chi connectivity index (χ0) is 21.6. The van der Waals surface area contributed by atoms with Crippen molar-refractivity contribution in [2.24, 2.45) is 0 Å². The van der Waals surface area contributed by atoms with Crippen molar-refractivity contribution < 1.29 is 28.6 Å². The minimum absolute atomic E-state index is 0.0249. The van der Waals surface area contributed by atoms with Crippen LogP contribution in [-0.4, -0.2) is 35.3 Å². The van der Waals surface area contributed by atoms with Crippen molar-refractivity contribution in [1.29, 1.82) is 0 Å². The van der Waals surface area contributed by atoms with E-state index in [-0.39, 0.29) is 6.61 Å². The van der Waals surface area contributed by atoms with Crippen molar-refractivity contribution in [1.82, 2.24) is 0 Å². The number of hydrogen-bond acceptors (Lipinski definition) is 4. The van der Waals surface area contributed by atoms with E-state index in [4.69, 9.17) is 14.5 Å². The van der Waals surface area contributed by atoms with Crippen LogP contribution in [0.15, 0.2) is 0 Å². The number of carbonyl (C=O) groups excluding carboxylic acids is 1. The summed E-state index contributed by atoms with van der Waals surface area (Å²) < 4.78 is 20.5. The van der Waals surface area contributed by atoms with Gasteiger partial charge < -0.3 is 19.3 Å². The van der Waals surface area contributed by atoms with Crippen molar-refractivity contribution >= 4 is 13.3 Å². The van der Waals surface area contributed by atoms with E-state index in [9.17, 15) is 9.36 Å². The molecule has 0 aliphatic carbocycles. The van der Waals surface area contributed by atoms with Gasteiger partial charge in [0, 0.05) is 19.6 Å². The lowest BCUT2D eigenvalue weighted by Crippen LogP contribution is -2.07. The first-order chi connectivity index (χ1) is 14.0. The normalized spacial score (nSPS) is 11.7. The molecule has 29 heavy (non-hydrogen) atoms. The minimum atomic E-state index is -4.75. The monoisotopic (exact) mass is 436 g/mol. The maximum Gasteiger partial charge on any atom is 0.433 e. The van der Waals surface area contributed by atoms with Crippen molar-refractivity contribution in [3.8, 4) is 0 Å². The molecule has 0 aromatic rings. The summed E-state index contributed by atoms with van der Waals surface area (Å²) in [5, 5.41) is 0. The molecule has 0 aromatic carbocycles. The molecule has 0 fully saturated rings. The van der Waals surface area contributed by atoms with Crippen molar-refractivity contribution in [2.75, 3.05) is 19.8 Å². The zero-order valence-corrected chi connectivity index (χ0v) is 19.5. The molecule has 0 radical (unpaired) electrons. The van der Waals surface area contributed by atoms with Gasteiger partial charge in [0.25, 0.3) is 0 Å². The second kappa shape index (κ2) is 20.8. The number of hydrogen-bond donors (Lipinski definition) is 2. The summed E-state index contributed by atoms with van der Waals surface area (Å²) in [6, 6.07) is 0. The smallest absolute Gasteiger partial charge is 0.433 e. The van der Waals surface area contributed by atoms with Crippen LogP contribution in [0.1, 0.15) is 116 Å². The lowest BCUT2D eigenvalue weighted by molar-refractivity contribution is 0.104. The topological polar surface area (TPSA) is 93.1 Å². The number of ether oxygens (including phenoxy) is 2. The van der Waals surface area contributed by atoms with Crippen molar-refractivity contribution in [3.05, 3.63) is 0 Å². The fraction of sp³-hybridized carbons (Fsp3) is 0.955. The number of unbranched alkanes of at least 4 members (excludes halogenated alkanes) is 15. The molecule has 174 valence electrons. The predicted octanol–water partition coefficient (Wildman–Crippen LogP) is 6.97. The molecule has 0 bridgehead atoms. The first-order valence-corrected chi connectivity index (χ1v) is 13.4. The lowest BCUT2D eigenvalue weighted by Gasteiger charge is -2.06. The summed E-state index contributed by atoms with van der Waals surface area (Å²) in [5.74, 6) is 0. The molecule has 0 spiro atoms. The Hall–Kier alpha value is -0.420. The van der Waals surface area contributed by atoms with Crippen LogP contribution in [0.25, 0.3) is 0 Å². The molecule has 0 aromatic heterocycles. The van der Waals surface area contributed by atoms with Crippen LogP contribution in [0.3, 0.4) is 0 Å². The van der Waals surface area contributed by atoms with Gasteiger partial charge >= 0.3 is 13.3 Å². The highest BCUT2D eigenvalue weighted by molar-refractivity contribution is 7.69. The van der Waals surface area contributed by atoms with E-state index in [1.54, 1.807) is 0 Å². The SMILES string of the molecule is CCCCCCCCCCCCCCCCCCOCCCOC(=O)P(=O)(O)O. The van der Waals surface area contributed by atoms with Crippen molar-refractivity contribution in [2.45, 2.75) is 116 Å². The van der Waals surface area contributed by atoms with Crippen LogP contribution in [-0.2, 0) is 14.0 Å². The van der Waals surface area contributed by atoms with E-state index in [1.165, 1.54) is 96.3 Å². The standard InChI is InChI=1S/C22H45O6P/c1-2-3-4-5-6-7-8-9-10-11-12-13-14-15-16-17-19-27-20-18-21-28-22(23)29(24,25)26/h2-21H2,1H3,(H2,24,25,26). The van der Waals surface area contributed by atoms with E-state index in [0.717, 1.165) is 6.42 Å². The number of carbonyl (C=O) groups is 1. The van der Waals surface area contributed by atoms with Gasteiger partial charge in [-0.05, 0) is 6.42 Å². The molecule has 6 nitrogen and oxygen atoms in total. The summed E-state index contributed by atoms with van der Waals surface area (Å²) in [5.41, 5.74) is -1.46. The fourth-order valence-electron chi connectivity index (χ4n) is 3.26. The first-order valence-electron chi connectivity index (χ1n) is 11.8. The van der Waals surface area contributed by atoms with Gasteiger partial charge in [0.15, 0.2) is 0 Å². The van der Waals surface area contributed by atoms with Gasteiger partial charge in [0.1, 0.15) is 0 Å². The highest BCUT2D eigenvalue weighted by atomic mass is 31.2. The quantitative estimate of drug-likeness (QED) is 0.141. The summed E-state index contributed by atoms with van der Waals surface area (Å²) in [6.45, 7) is 3.37. The molecule has 0 amide bonds. The Morgan fingerprint density at radius 3 is 1.41 bits per heavy atom. The molecule has 0 heterocycles. The Labute approximate surface area is 178 Å². The third kappa shape index (κ3) is 22.1. The number of rotatable bonds is 22. The Bertz CT molecular complexity index is 410. The molecule has 0 atom stereocenters. The van der Waals surface area contributed by atoms with E-state index >= 15 is 0 Å². The average molecular weight is 437 g/mol. The Morgan fingerprint density at radius 1 is 0.621 bits per heavy atom. The third-order valence-corrected chi connectivity index (χ3v) is 5.64. The summed E-state index contributed by atoms with van der Waals surface area (Å²) in [6.07, 6.45) is 21.9. The van der Waals surface area contributed by atoms with E-state index in [0.29, 0.717) is 19.6 Å². The van der Waals surface area contributed by atoms with Crippen molar-refractivity contribution in [3.63, 3.8) is 0 Å². The molecule has 0 aliphatic rings. The molecule has 0 unspecified atom stereocenters. The van der Waals surface area contributed by atoms with Gasteiger partial charge in [-0.15, -0.1) is 0 Å². The molecule has 0 saturated heterocycles. The molecule has 7 heteroatoms. The highest BCUT2D eigenvalue weighted by Gasteiger charge is 2.27. The minimum Gasteiger partial charge on any atom is -0.457 e. The fourth-order valence-corrected chi connectivity index (χ4v) is 3.52. The molecular formula is C22H45O6P. The molecule has 0 saturated carbocycles. The van der Waals surface area contributed by atoms with E-state index < -0.39 is 13.3 Å². The zero-order valence-electron chi connectivity index (χ0n) is 18.6.